The fourth-order valence-corrected chi connectivity index (χ4v) is 1.76. The lowest BCUT2D eigenvalue weighted by Gasteiger charge is -2.34. The zero-order valence-corrected chi connectivity index (χ0v) is 7.64. The molecule has 0 aromatic heterocycles. The van der Waals surface area contributed by atoms with Gasteiger partial charge in [0.1, 0.15) is 18.2 Å². The summed E-state index contributed by atoms with van der Waals surface area (Å²) in [6, 6.07) is -0.818. The van der Waals surface area contributed by atoms with Gasteiger partial charge in [-0.25, -0.2) is 4.39 Å². The van der Waals surface area contributed by atoms with Gasteiger partial charge in [0.15, 0.2) is 12.5 Å². The van der Waals surface area contributed by atoms with Gasteiger partial charge in [0.05, 0.1) is 6.61 Å². The van der Waals surface area contributed by atoms with Crippen LogP contribution in [0.15, 0.2) is 0 Å². The molecule has 2 fully saturated rings. The molecule has 2 N–H and O–H groups in total. The third-order valence-electron chi connectivity index (χ3n) is 2.45. The summed E-state index contributed by atoms with van der Waals surface area (Å²) in [7, 11) is 0. The van der Waals surface area contributed by atoms with Crippen molar-refractivity contribution in [3.8, 4) is 0 Å². The van der Waals surface area contributed by atoms with Gasteiger partial charge < -0.3 is 19.9 Å². The molecule has 0 spiro atoms. The summed E-state index contributed by atoms with van der Waals surface area (Å²) in [5.74, 6) is -0.348. The molecule has 2 heterocycles. The third kappa shape index (κ3) is 1.49. The highest BCUT2D eigenvalue weighted by molar-refractivity contribution is 5.73. The molecule has 5 atom stereocenters. The summed E-state index contributed by atoms with van der Waals surface area (Å²) in [5, 5.41) is 11.9. The first-order valence-corrected chi connectivity index (χ1v) is 4.46. The van der Waals surface area contributed by atoms with Gasteiger partial charge >= 0.3 is 0 Å². The first-order chi connectivity index (χ1) is 6.59. The maximum atomic E-state index is 13.4. The van der Waals surface area contributed by atoms with Crippen LogP contribution in [-0.4, -0.2) is 48.3 Å². The lowest BCUT2D eigenvalue weighted by atomic mass is 10.0. The summed E-state index contributed by atoms with van der Waals surface area (Å²) in [4.78, 5) is 10.8. The Morgan fingerprint density at radius 2 is 2.36 bits per heavy atom. The van der Waals surface area contributed by atoms with E-state index in [0.717, 1.165) is 0 Å². The van der Waals surface area contributed by atoms with Crippen molar-refractivity contribution in [2.45, 2.75) is 37.6 Å². The van der Waals surface area contributed by atoms with Crippen molar-refractivity contribution in [1.29, 1.82) is 0 Å². The van der Waals surface area contributed by atoms with Crippen molar-refractivity contribution < 1.29 is 23.8 Å². The number of rotatable bonds is 1. The molecule has 0 radical (unpaired) electrons. The van der Waals surface area contributed by atoms with E-state index in [0.29, 0.717) is 0 Å². The highest BCUT2D eigenvalue weighted by atomic mass is 19.1. The summed E-state index contributed by atoms with van der Waals surface area (Å²) < 4.78 is 23.6. The average Bonchev–Trinajstić information content (AvgIpc) is 2.55. The molecule has 2 bridgehead atoms. The molecule has 2 rings (SSSR count). The van der Waals surface area contributed by atoms with Gasteiger partial charge in [0, 0.05) is 6.92 Å². The number of carbonyl (C=O) groups is 1. The van der Waals surface area contributed by atoms with E-state index in [4.69, 9.17) is 9.47 Å². The van der Waals surface area contributed by atoms with Crippen LogP contribution < -0.4 is 5.32 Å². The molecule has 0 aromatic carbocycles. The van der Waals surface area contributed by atoms with Crippen LogP contribution in [0, 0.1) is 0 Å². The number of fused-ring (bicyclic) bond motifs is 2. The van der Waals surface area contributed by atoms with Crippen molar-refractivity contribution in [1.82, 2.24) is 5.32 Å². The number of alkyl halides is 1. The van der Waals surface area contributed by atoms with Crippen molar-refractivity contribution in [2.24, 2.45) is 0 Å². The van der Waals surface area contributed by atoms with Gasteiger partial charge in [0.25, 0.3) is 0 Å². The Kier molecular flexibility index (Phi) is 2.42. The number of aliphatic hydroxyl groups is 1. The first kappa shape index (κ1) is 9.82. The van der Waals surface area contributed by atoms with Gasteiger partial charge in [-0.3, -0.25) is 4.79 Å². The Morgan fingerprint density at radius 1 is 1.64 bits per heavy atom. The number of aliphatic hydroxyl groups excluding tert-OH is 1. The quantitative estimate of drug-likeness (QED) is 0.573. The third-order valence-corrected chi connectivity index (χ3v) is 2.45. The van der Waals surface area contributed by atoms with Gasteiger partial charge in [-0.1, -0.05) is 0 Å². The number of nitrogens with one attached hydrogen (secondary N) is 1. The fourth-order valence-electron chi connectivity index (χ4n) is 1.76. The van der Waals surface area contributed by atoms with E-state index >= 15 is 0 Å². The van der Waals surface area contributed by atoms with Crippen LogP contribution in [0.3, 0.4) is 0 Å². The van der Waals surface area contributed by atoms with Gasteiger partial charge in [0.2, 0.25) is 5.91 Å². The molecular weight excluding hydrogens is 193 g/mol. The second-order valence-electron chi connectivity index (χ2n) is 3.54. The molecule has 5 nitrogen and oxygen atoms in total. The summed E-state index contributed by atoms with van der Waals surface area (Å²) in [6.07, 6.45) is -4.21. The first-order valence-electron chi connectivity index (χ1n) is 4.46. The van der Waals surface area contributed by atoms with E-state index in [1.165, 1.54) is 6.92 Å². The van der Waals surface area contributed by atoms with Crippen molar-refractivity contribution in [3.05, 3.63) is 0 Å². The average molecular weight is 205 g/mol. The van der Waals surface area contributed by atoms with Crippen LogP contribution in [0.4, 0.5) is 4.39 Å². The Balaban J connectivity index is 2.10. The Bertz CT molecular complexity index is 249. The zero-order chi connectivity index (χ0) is 10.3. The molecule has 0 aromatic rings. The number of amides is 1. The van der Waals surface area contributed by atoms with Gasteiger partial charge in [-0.05, 0) is 0 Å². The minimum atomic E-state index is -1.51. The SMILES string of the molecule is CC(=O)NC1C2OCC(O2)C(F)C1O. The van der Waals surface area contributed by atoms with Gasteiger partial charge in [-0.15, -0.1) is 0 Å². The van der Waals surface area contributed by atoms with Crippen LogP contribution in [0.25, 0.3) is 0 Å². The highest BCUT2D eigenvalue weighted by Gasteiger charge is 2.50. The monoisotopic (exact) mass is 205 g/mol. The fraction of sp³-hybridized carbons (Fsp3) is 0.875. The maximum Gasteiger partial charge on any atom is 0.217 e. The summed E-state index contributed by atoms with van der Waals surface area (Å²) in [6.45, 7) is 1.42. The van der Waals surface area contributed by atoms with Crippen LogP contribution in [-0.2, 0) is 14.3 Å². The Labute approximate surface area is 80.2 Å². The molecule has 14 heavy (non-hydrogen) atoms. The predicted octanol–water partition coefficient (Wildman–Crippen LogP) is -1.05. The molecule has 2 saturated heterocycles. The van der Waals surface area contributed by atoms with Crippen LogP contribution in [0.5, 0.6) is 0 Å². The molecule has 0 saturated carbocycles. The smallest absolute Gasteiger partial charge is 0.217 e. The Morgan fingerprint density at radius 3 is 3.00 bits per heavy atom. The number of carbonyl (C=O) groups excluding carboxylic acids is 1. The van der Waals surface area contributed by atoms with E-state index in [1.807, 2.05) is 0 Å². The normalized spacial score (nSPS) is 46.4. The van der Waals surface area contributed by atoms with Gasteiger partial charge in [-0.2, -0.15) is 0 Å². The molecule has 0 aliphatic carbocycles. The second-order valence-corrected chi connectivity index (χ2v) is 3.54. The number of ether oxygens (including phenoxy) is 2. The largest absolute Gasteiger partial charge is 0.388 e. The van der Waals surface area contributed by atoms with Crippen LogP contribution in [0.1, 0.15) is 6.92 Å². The number of halogens is 1. The van der Waals surface area contributed by atoms with E-state index in [2.05, 4.69) is 5.32 Å². The predicted molar refractivity (Wildman–Crippen MR) is 43.1 cm³/mol. The van der Waals surface area contributed by atoms with E-state index in [9.17, 15) is 14.3 Å². The molecule has 2 aliphatic rings. The van der Waals surface area contributed by atoms with Crippen molar-refractivity contribution in [3.63, 3.8) is 0 Å². The van der Waals surface area contributed by atoms with E-state index in [-0.39, 0.29) is 12.5 Å². The molecule has 5 unspecified atom stereocenters. The second kappa shape index (κ2) is 3.45. The Hall–Kier alpha value is -0.720. The van der Waals surface area contributed by atoms with Crippen LogP contribution >= 0.6 is 0 Å². The summed E-state index contributed by atoms with van der Waals surface area (Å²) in [5.41, 5.74) is 0. The van der Waals surface area contributed by atoms with E-state index < -0.39 is 30.7 Å². The number of hydrogen-bond acceptors (Lipinski definition) is 4. The molecule has 80 valence electrons. The molecule has 1 amide bonds. The highest BCUT2D eigenvalue weighted by Crippen LogP contribution is 2.29. The zero-order valence-electron chi connectivity index (χ0n) is 7.64. The molecular formula is C8H12FNO4. The standard InChI is InChI=1S/C8H12FNO4/c1-3(11)10-6-7(12)5(9)4-2-13-8(6)14-4/h4-8,12H,2H2,1H3,(H,10,11). The molecule has 6 heteroatoms. The lowest BCUT2D eigenvalue weighted by molar-refractivity contribution is -0.171. The summed E-state index contributed by atoms with van der Waals surface area (Å²) >= 11 is 0. The lowest BCUT2D eigenvalue weighted by Crippen LogP contribution is -2.59. The minimum Gasteiger partial charge on any atom is -0.388 e. The van der Waals surface area contributed by atoms with Crippen molar-refractivity contribution >= 4 is 5.91 Å². The minimum absolute atomic E-state index is 0.124. The van der Waals surface area contributed by atoms with Crippen molar-refractivity contribution in [2.75, 3.05) is 6.61 Å². The molecule has 2 aliphatic heterocycles. The topological polar surface area (TPSA) is 67.8 Å². The van der Waals surface area contributed by atoms with Crippen LogP contribution in [0.2, 0.25) is 0 Å². The maximum absolute atomic E-state index is 13.4. The number of hydrogen-bond donors (Lipinski definition) is 2. The van der Waals surface area contributed by atoms with E-state index in [1.54, 1.807) is 0 Å².